The summed E-state index contributed by atoms with van der Waals surface area (Å²) in [5, 5.41) is 0. The number of likely N-dealkylation sites (tertiary alicyclic amines) is 1. The van der Waals surface area contributed by atoms with Crippen LogP contribution in [0.3, 0.4) is 0 Å². The summed E-state index contributed by atoms with van der Waals surface area (Å²) in [5.74, 6) is -2.68. The summed E-state index contributed by atoms with van der Waals surface area (Å²) < 4.78 is 58.8. The number of nitrogens with zero attached hydrogens (tertiary/aromatic N) is 1. The van der Waals surface area contributed by atoms with Gasteiger partial charge in [0.2, 0.25) is 5.91 Å². The molecule has 2 heterocycles. The number of benzene rings is 2. The van der Waals surface area contributed by atoms with E-state index < -0.39 is 35.8 Å². The molecule has 2 aromatic carbocycles. The van der Waals surface area contributed by atoms with Gasteiger partial charge in [0.05, 0.1) is 17.7 Å². The zero-order valence-electron chi connectivity index (χ0n) is 21.4. The lowest BCUT2D eigenvalue weighted by atomic mass is 9.79. The van der Waals surface area contributed by atoms with E-state index in [4.69, 9.17) is 14.0 Å². The molecule has 194 valence electrons. The van der Waals surface area contributed by atoms with Gasteiger partial charge in [0.15, 0.2) is 11.6 Å². The molecule has 0 saturated carbocycles. The summed E-state index contributed by atoms with van der Waals surface area (Å²) in [6.07, 6.45) is 0.915. The number of carbonyl (C=O) groups is 1. The molecule has 2 fully saturated rings. The molecule has 0 aliphatic carbocycles. The van der Waals surface area contributed by atoms with Crippen molar-refractivity contribution in [2.45, 2.75) is 71.2 Å². The van der Waals surface area contributed by atoms with E-state index in [-0.39, 0.29) is 36.3 Å². The van der Waals surface area contributed by atoms with Gasteiger partial charge >= 0.3 is 7.12 Å². The Morgan fingerprint density at radius 1 is 1.06 bits per heavy atom. The van der Waals surface area contributed by atoms with E-state index in [1.165, 1.54) is 0 Å². The highest BCUT2D eigenvalue weighted by Gasteiger charge is 2.51. The van der Waals surface area contributed by atoms with Crippen molar-refractivity contribution in [1.29, 1.82) is 0 Å². The fourth-order valence-corrected chi connectivity index (χ4v) is 4.52. The van der Waals surface area contributed by atoms with Gasteiger partial charge in [-0.2, -0.15) is 0 Å². The fraction of sp³-hybridized carbons (Fsp3) is 0.519. The standard InChI is InChI=1S/C27H33BF3NO4/c1-17(12-18-14-23(30)24(31)15-22(18)29)13-25(33)32-11-10-21(16-32)34-20-8-6-19(7-9-20)28-35-26(2,3)27(4,5)36-28/h6-9,14-15,17,21H,10-13,16H2,1-5H3/t17-,21?/m1/s1. The normalized spacial score (nSPS) is 21.6. The SMILES string of the molecule is C[C@@H](CC(=O)N1CCC(Oc2ccc(B3OC(C)(C)C(C)(C)O3)cc2)C1)Cc1cc(F)c(F)cc1F. The Morgan fingerprint density at radius 2 is 1.67 bits per heavy atom. The molecule has 0 bridgehead atoms. The molecule has 1 amide bonds. The van der Waals surface area contributed by atoms with Crippen LogP contribution in [0.15, 0.2) is 36.4 Å². The Hall–Kier alpha value is -2.52. The van der Waals surface area contributed by atoms with Crippen molar-refractivity contribution in [3.05, 3.63) is 59.4 Å². The second kappa shape index (κ2) is 10.1. The Kier molecular flexibility index (Phi) is 7.44. The van der Waals surface area contributed by atoms with E-state index in [2.05, 4.69) is 0 Å². The van der Waals surface area contributed by atoms with Gasteiger partial charge in [0, 0.05) is 25.5 Å². The summed E-state index contributed by atoms with van der Waals surface area (Å²) >= 11 is 0. The van der Waals surface area contributed by atoms with E-state index in [1.54, 1.807) is 11.8 Å². The molecule has 5 nitrogen and oxygen atoms in total. The number of halogens is 3. The highest BCUT2D eigenvalue weighted by molar-refractivity contribution is 6.62. The van der Waals surface area contributed by atoms with Gasteiger partial charge in [0.25, 0.3) is 0 Å². The Morgan fingerprint density at radius 3 is 2.31 bits per heavy atom. The lowest BCUT2D eigenvalue weighted by Gasteiger charge is -2.32. The van der Waals surface area contributed by atoms with Gasteiger partial charge in [-0.15, -0.1) is 0 Å². The third-order valence-corrected chi connectivity index (χ3v) is 7.39. The predicted octanol–water partition coefficient (Wildman–Crippen LogP) is 4.65. The van der Waals surface area contributed by atoms with E-state index >= 15 is 0 Å². The van der Waals surface area contributed by atoms with Crippen LogP contribution < -0.4 is 10.2 Å². The minimum absolute atomic E-state index is 0.0623. The van der Waals surface area contributed by atoms with Gasteiger partial charge in [-0.05, 0) is 69.3 Å². The smallest absolute Gasteiger partial charge is 0.489 e. The number of ether oxygens (including phenoxy) is 1. The fourth-order valence-electron chi connectivity index (χ4n) is 4.52. The van der Waals surface area contributed by atoms with Crippen LogP contribution in [0, 0.1) is 23.4 Å². The quantitative estimate of drug-likeness (QED) is 0.408. The van der Waals surface area contributed by atoms with Crippen molar-refractivity contribution in [3.8, 4) is 5.75 Å². The van der Waals surface area contributed by atoms with E-state index in [9.17, 15) is 18.0 Å². The number of rotatable bonds is 7. The molecule has 0 aromatic heterocycles. The largest absolute Gasteiger partial charge is 0.494 e. The minimum atomic E-state index is -1.22. The van der Waals surface area contributed by atoms with Crippen LogP contribution in [-0.2, 0) is 20.5 Å². The van der Waals surface area contributed by atoms with Crippen LogP contribution in [0.4, 0.5) is 13.2 Å². The van der Waals surface area contributed by atoms with Crippen molar-refractivity contribution in [2.24, 2.45) is 5.92 Å². The molecule has 2 aliphatic rings. The third-order valence-electron chi connectivity index (χ3n) is 7.39. The van der Waals surface area contributed by atoms with Crippen LogP contribution in [-0.4, -0.2) is 48.3 Å². The molecule has 9 heteroatoms. The van der Waals surface area contributed by atoms with E-state index in [0.717, 1.165) is 11.5 Å². The van der Waals surface area contributed by atoms with E-state index in [0.29, 0.717) is 31.3 Å². The van der Waals surface area contributed by atoms with Gasteiger partial charge in [0.1, 0.15) is 17.7 Å². The van der Waals surface area contributed by atoms with Gasteiger partial charge in [-0.3, -0.25) is 4.79 Å². The first-order chi connectivity index (χ1) is 16.8. The van der Waals surface area contributed by atoms with Gasteiger partial charge < -0.3 is 18.9 Å². The molecule has 1 unspecified atom stereocenters. The summed E-state index contributed by atoms with van der Waals surface area (Å²) in [4.78, 5) is 14.5. The molecule has 2 atom stereocenters. The van der Waals surface area contributed by atoms with Crippen molar-refractivity contribution < 1.29 is 32.0 Å². The summed E-state index contributed by atoms with van der Waals surface area (Å²) in [6, 6.07) is 9.02. The summed E-state index contributed by atoms with van der Waals surface area (Å²) in [7, 11) is -0.439. The first kappa shape index (κ1) is 26.5. The maximum absolute atomic E-state index is 13.9. The van der Waals surface area contributed by atoms with Crippen LogP contribution >= 0.6 is 0 Å². The number of hydrogen-bond donors (Lipinski definition) is 0. The second-order valence-corrected chi connectivity index (χ2v) is 10.9. The second-order valence-electron chi connectivity index (χ2n) is 10.9. The zero-order chi connectivity index (χ0) is 26.3. The van der Waals surface area contributed by atoms with Gasteiger partial charge in [-0.25, -0.2) is 13.2 Å². The monoisotopic (exact) mass is 503 g/mol. The minimum Gasteiger partial charge on any atom is -0.489 e. The lowest BCUT2D eigenvalue weighted by Crippen LogP contribution is -2.41. The van der Waals surface area contributed by atoms with Crippen LogP contribution in [0.5, 0.6) is 5.75 Å². The molecule has 0 N–H and O–H groups in total. The molecule has 36 heavy (non-hydrogen) atoms. The van der Waals surface area contributed by atoms with Crippen LogP contribution in [0.2, 0.25) is 0 Å². The molecule has 2 saturated heterocycles. The molecule has 0 spiro atoms. The average Bonchev–Trinajstić information content (AvgIpc) is 3.34. The predicted molar refractivity (Wildman–Crippen MR) is 132 cm³/mol. The summed E-state index contributed by atoms with van der Waals surface area (Å²) in [5.41, 5.74) is 0.165. The van der Waals surface area contributed by atoms with Crippen LogP contribution in [0.25, 0.3) is 0 Å². The topological polar surface area (TPSA) is 48.0 Å². The molecule has 2 aliphatic heterocycles. The molecular formula is C27H33BF3NO4. The Bertz CT molecular complexity index is 1090. The molecular weight excluding hydrogens is 470 g/mol. The van der Waals surface area contributed by atoms with Gasteiger partial charge in [-0.1, -0.05) is 19.1 Å². The maximum Gasteiger partial charge on any atom is 0.494 e. The Labute approximate surface area is 211 Å². The van der Waals surface area contributed by atoms with Crippen molar-refractivity contribution in [2.75, 3.05) is 13.1 Å². The van der Waals surface area contributed by atoms with Crippen LogP contribution in [0.1, 0.15) is 53.0 Å². The Balaban J connectivity index is 1.27. The maximum atomic E-state index is 13.9. The van der Waals surface area contributed by atoms with Crippen molar-refractivity contribution in [1.82, 2.24) is 4.90 Å². The van der Waals surface area contributed by atoms with Crippen molar-refractivity contribution in [3.63, 3.8) is 0 Å². The molecule has 2 aromatic rings. The molecule has 0 radical (unpaired) electrons. The third kappa shape index (κ3) is 5.73. The average molecular weight is 503 g/mol. The molecule has 4 rings (SSSR count). The lowest BCUT2D eigenvalue weighted by molar-refractivity contribution is -0.131. The summed E-state index contributed by atoms with van der Waals surface area (Å²) in [6.45, 7) is 10.9. The highest BCUT2D eigenvalue weighted by Crippen LogP contribution is 2.36. The number of carbonyl (C=O) groups excluding carboxylic acids is 1. The highest BCUT2D eigenvalue weighted by atomic mass is 19.2. The van der Waals surface area contributed by atoms with Crippen molar-refractivity contribution >= 4 is 18.5 Å². The van der Waals surface area contributed by atoms with E-state index in [1.807, 2.05) is 52.0 Å². The zero-order valence-corrected chi connectivity index (χ0v) is 21.4. The number of amides is 1. The first-order valence-corrected chi connectivity index (χ1v) is 12.4. The first-order valence-electron chi connectivity index (χ1n) is 12.4. The number of hydrogen-bond acceptors (Lipinski definition) is 4.